The fourth-order valence-electron chi connectivity index (χ4n) is 4.86. The number of benzene rings is 2. The van der Waals surface area contributed by atoms with Gasteiger partial charge in [0.1, 0.15) is 6.17 Å². The highest BCUT2D eigenvalue weighted by Gasteiger charge is 2.37. The highest BCUT2D eigenvalue weighted by Crippen LogP contribution is 2.35. The molecule has 0 unspecified atom stereocenters. The molecule has 0 radical (unpaired) electrons. The van der Waals surface area contributed by atoms with Crippen LogP contribution in [0, 0.1) is 0 Å². The van der Waals surface area contributed by atoms with E-state index < -0.39 is 0 Å². The van der Waals surface area contributed by atoms with Crippen molar-refractivity contribution in [3.8, 4) is 0 Å². The summed E-state index contributed by atoms with van der Waals surface area (Å²) in [5.74, 6) is 0.146. The van der Waals surface area contributed by atoms with Crippen molar-refractivity contribution in [3.05, 3.63) is 64.7 Å². The molecule has 0 aromatic heterocycles. The molecule has 2 amide bonds. The van der Waals surface area contributed by atoms with Gasteiger partial charge < -0.3 is 14.7 Å². The summed E-state index contributed by atoms with van der Waals surface area (Å²) in [7, 11) is 2.04. The van der Waals surface area contributed by atoms with E-state index in [1.54, 1.807) is 0 Å². The molecule has 1 atom stereocenters. The molecule has 5 heteroatoms. The maximum atomic E-state index is 13.2. The molecule has 2 aromatic carbocycles. The van der Waals surface area contributed by atoms with Crippen molar-refractivity contribution in [2.75, 3.05) is 25.0 Å². The zero-order valence-electron chi connectivity index (χ0n) is 16.2. The SMILES string of the molecule is CN1c2cc(C(=O)N3CCc4ccccc4C3)ccc2C(=O)N2CCCC[C@@H]21. The third kappa shape index (κ3) is 2.68. The van der Waals surface area contributed by atoms with Gasteiger partial charge in [-0.05, 0) is 55.0 Å². The van der Waals surface area contributed by atoms with E-state index in [9.17, 15) is 9.59 Å². The number of rotatable bonds is 1. The Labute approximate surface area is 165 Å². The maximum absolute atomic E-state index is 13.2. The average Bonchev–Trinajstić information content (AvgIpc) is 2.76. The highest BCUT2D eigenvalue weighted by atomic mass is 16.2. The van der Waals surface area contributed by atoms with Crippen LogP contribution in [0.4, 0.5) is 5.69 Å². The molecule has 0 saturated carbocycles. The number of carbonyl (C=O) groups excluding carboxylic acids is 2. The molecular formula is C23H25N3O2. The van der Waals surface area contributed by atoms with Gasteiger partial charge in [-0.15, -0.1) is 0 Å². The highest BCUT2D eigenvalue weighted by molar-refractivity contribution is 6.04. The molecule has 144 valence electrons. The van der Waals surface area contributed by atoms with Crippen molar-refractivity contribution in [3.63, 3.8) is 0 Å². The third-order valence-electron chi connectivity index (χ3n) is 6.45. The van der Waals surface area contributed by atoms with Gasteiger partial charge in [-0.2, -0.15) is 0 Å². The van der Waals surface area contributed by atoms with Crippen LogP contribution in [0.5, 0.6) is 0 Å². The smallest absolute Gasteiger partial charge is 0.257 e. The monoisotopic (exact) mass is 375 g/mol. The minimum Gasteiger partial charge on any atom is -0.354 e. The molecule has 1 fully saturated rings. The number of anilines is 1. The zero-order chi connectivity index (χ0) is 19.3. The lowest BCUT2D eigenvalue weighted by Gasteiger charge is -2.46. The van der Waals surface area contributed by atoms with Gasteiger partial charge in [-0.25, -0.2) is 0 Å². The van der Waals surface area contributed by atoms with E-state index in [4.69, 9.17) is 0 Å². The zero-order valence-corrected chi connectivity index (χ0v) is 16.2. The largest absolute Gasteiger partial charge is 0.354 e. The lowest BCUT2D eigenvalue weighted by molar-refractivity contribution is 0.0588. The molecule has 3 heterocycles. The van der Waals surface area contributed by atoms with Gasteiger partial charge in [0.25, 0.3) is 11.8 Å². The van der Waals surface area contributed by atoms with Gasteiger partial charge in [0.05, 0.1) is 11.3 Å². The van der Waals surface area contributed by atoms with E-state index in [0.29, 0.717) is 17.7 Å². The Kier molecular flexibility index (Phi) is 4.11. The van der Waals surface area contributed by atoms with Gasteiger partial charge in [-0.3, -0.25) is 9.59 Å². The second-order valence-corrected chi connectivity index (χ2v) is 8.06. The van der Waals surface area contributed by atoms with Crippen LogP contribution in [-0.2, 0) is 13.0 Å². The van der Waals surface area contributed by atoms with Gasteiger partial charge in [0.15, 0.2) is 0 Å². The Morgan fingerprint density at radius 1 is 1.04 bits per heavy atom. The van der Waals surface area contributed by atoms with Crippen molar-refractivity contribution in [2.24, 2.45) is 0 Å². The van der Waals surface area contributed by atoms with E-state index in [0.717, 1.165) is 44.5 Å². The van der Waals surface area contributed by atoms with Crippen molar-refractivity contribution >= 4 is 17.5 Å². The van der Waals surface area contributed by atoms with Gasteiger partial charge in [0, 0.05) is 32.2 Å². The van der Waals surface area contributed by atoms with E-state index in [1.165, 1.54) is 11.1 Å². The number of nitrogens with zero attached hydrogens (tertiary/aromatic N) is 3. The Bertz CT molecular complexity index is 955. The van der Waals surface area contributed by atoms with Crippen LogP contribution < -0.4 is 4.90 Å². The molecule has 3 aliphatic rings. The van der Waals surface area contributed by atoms with Gasteiger partial charge in [-0.1, -0.05) is 24.3 Å². The summed E-state index contributed by atoms with van der Waals surface area (Å²) in [6, 6.07) is 13.9. The molecule has 5 rings (SSSR count). The number of hydrogen-bond donors (Lipinski definition) is 0. The van der Waals surface area contributed by atoms with Crippen LogP contribution >= 0.6 is 0 Å². The van der Waals surface area contributed by atoms with Crippen molar-refractivity contribution in [2.45, 2.75) is 38.4 Å². The van der Waals surface area contributed by atoms with E-state index in [1.807, 2.05) is 41.1 Å². The minimum absolute atomic E-state index is 0.0456. The second-order valence-electron chi connectivity index (χ2n) is 8.06. The Morgan fingerprint density at radius 3 is 2.71 bits per heavy atom. The molecule has 0 bridgehead atoms. The molecule has 28 heavy (non-hydrogen) atoms. The Balaban J connectivity index is 1.44. The summed E-state index contributed by atoms with van der Waals surface area (Å²) in [6.45, 7) is 2.20. The summed E-state index contributed by atoms with van der Waals surface area (Å²) >= 11 is 0. The van der Waals surface area contributed by atoms with E-state index in [-0.39, 0.29) is 18.0 Å². The molecular weight excluding hydrogens is 350 g/mol. The normalized spacial score (nSPS) is 21.1. The fraction of sp³-hybridized carbons (Fsp3) is 0.391. The lowest BCUT2D eigenvalue weighted by Crippen LogP contribution is -2.55. The first-order chi connectivity index (χ1) is 13.6. The standard InChI is InChI=1S/C23H25N3O2/c1-24-20-14-17(9-10-19(20)23(28)26-12-5-4-8-21(24)26)22(27)25-13-11-16-6-2-3-7-18(16)15-25/h2-3,6-7,9-10,14,21H,4-5,8,11-13,15H2,1H3/t21-/m1/s1. The molecule has 3 aliphatic heterocycles. The first-order valence-electron chi connectivity index (χ1n) is 10.2. The fourth-order valence-corrected chi connectivity index (χ4v) is 4.86. The van der Waals surface area contributed by atoms with Crippen LogP contribution in [0.1, 0.15) is 51.1 Å². The number of fused-ring (bicyclic) bond motifs is 3. The first-order valence-corrected chi connectivity index (χ1v) is 10.2. The minimum atomic E-state index is 0.0456. The molecule has 5 nitrogen and oxygen atoms in total. The summed E-state index contributed by atoms with van der Waals surface area (Å²) in [5, 5.41) is 0. The maximum Gasteiger partial charge on any atom is 0.257 e. The summed E-state index contributed by atoms with van der Waals surface area (Å²) in [6.07, 6.45) is 4.20. The lowest BCUT2D eigenvalue weighted by atomic mass is 9.96. The Hall–Kier alpha value is -2.82. The van der Waals surface area contributed by atoms with Crippen LogP contribution in [0.15, 0.2) is 42.5 Å². The number of piperidine rings is 1. The molecule has 0 aliphatic carbocycles. The first kappa shape index (κ1) is 17.3. The van der Waals surface area contributed by atoms with Gasteiger partial charge >= 0.3 is 0 Å². The van der Waals surface area contributed by atoms with Crippen molar-refractivity contribution < 1.29 is 9.59 Å². The average molecular weight is 375 g/mol. The molecule has 0 spiro atoms. The second kappa shape index (κ2) is 6.66. The van der Waals surface area contributed by atoms with Crippen molar-refractivity contribution in [1.82, 2.24) is 9.80 Å². The van der Waals surface area contributed by atoms with Crippen LogP contribution in [0.2, 0.25) is 0 Å². The number of amides is 2. The van der Waals surface area contributed by atoms with Crippen molar-refractivity contribution in [1.29, 1.82) is 0 Å². The summed E-state index contributed by atoms with van der Waals surface area (Å²) in [5.41, 5.74) is 4.82. The Morgan fingerprint density at radius 2 is 1.86 bits per heavy atom. The van der Waals surface area contributed by atoms with Crippen LogP contribution in [-0.4, -0.2) is 47.9 Å². The third-order valence-corrected chi connectivity index (χ3v) is 6.45. The van der Waals surface area contributed by atoms with E-state index in [2.05, 4.69) is 23.1 Å². The van der Waals surface area contributed by atoms with Gasteiger partial charge in [0.2, 0.25) is 0 Å². The summed E-state index contributed by atoms with van der Waals surface area (Å²) in [4.78, 5) is 32.2. The summed E-state index contributed by atoms with van der Waals surface area (Å²) < 4.78 is 0. The molecule has 2 aromatic rings. The van der Waals surface area contributed by atoms with Crippen LogP contribution in [0.25, 0.3) is 0 Å². The molecule has 1 saturated heterocycles. The van der Waals surface area contributed by atoms with Crippen LogP contribution in [0.3, 0.4) is 0 Å². The predicted octanol–water partition coefficient (Wildman–Crippen LogP) is 3.29. The topological polar surface area (TPSA) is 43.9 Å². The quantitative estimate of drug-likeness (QED) is 0.768. The number of hydrogen-bond acceptors (Lipinski definition) is 3. The predicted molar refractivity (Wildman–Crippen MR) is 108 cm³/mol. The molecule has 0 N–H and O–H groups in total. The number of carbonyl (C=O) groups is 2. The van der Waals surface area contributed by atoms with E-state index >= 15 is 0 Å².